The van der Waals surface area contributed by atoms with E-state index in [0.29, 0.717) is 12.5 Å². The van der Waals surface area contributed by atoms with Gasteiger partial charge in [-0.1, -0.05) is 30.3 Å². The van der Waals surface area contributed by atoms with Crippen LogP contribution in [0.3, 0.4) is 0 Å². The monoisotopic (exact) mass is 440 g/mol. The average Bonchev–Trinajstić information content (AvgIpc) is 3.43. The second kappa shape index (κ2) is 11.6. The van der Waals surface area contributed by atoms with Crippen molar-refractivity contribution in [3.8, 4) is 0 Å². The van der Waals surface area contributed by atoms with Crippen LogP contribution in [0.4, 0.5) is 0 Å². The number of aryl methyl sites for hydroxylation is 3. The number of guanidine groups is 1. The van der Waals surface area contributed by atoms with Crippen molar-refractivity contribution < 1.29 is 4.74 Å². The zero-order chi connectivity index (χ0) is 21.3. The van der Waals surface area contributed by atoms with Crippen LogP contribution in [0.1, 0.15) is 53.7 Å². The number of hydrogen-bond donors (Lipinski definition) is 1. The summed E-state index contributed by atoms with van der Waals surface area (Å²) in [6, 6.07) is 10.4. The summed E-state index contributed by atoms with van der Waals surface area (Å²) >= 11 is 1.94. The van der Waals surface area contributed by atoms with E-state index in [2.05, 4.69) is 41.4 Å². The van der Waals surface area contributed by atoms with E-state index in [0.717, 1.165) is 51.6 Å². The molecule has 1 aromatic carbocycles. The Morgan fingerprint density at radius 2 is 2.13 bits per heavy atom. The summed E-state index contributed by atoms with van der Waals surface area (Å²) < 4.78 is 5.98. The van der Waals surface area contributed by atoms with Crippen molar-refractivity contribution in [3.63, 3.8) is 0 Å². The molecule has 1 aliphatic carbocycles. The van der Waals surface area contributed by atoms with Crippen LogP contribution < -0.4 is 5.32 Å². The van der Waals surface area contributed by atoms with Crippen LogP contribution in [-0.2, 0) is 30.6 Å². The maximum Gasteiger partial charge on any atom is 0.193 e. The van der Waals surface area contributed by atoms with Crippen molar-refractivity contribution in [2.45, 2.75) is 58.5 Å². The van der Waals surface area contributed by atoms with Crippen LogP contribution >= 0.6 is 11.3 Å². The Morgan fingerprint density at radius 3 is 2.97 bits per heavy atom. The number of likely N-dealkylation sites (tertiary alicyclic amines) is 1. The molecule has 5 nitrogen and oxygen atoms in total. The summed E-state index contributed by atoms with van der Waals surface area (Å²) in [5.74, 6) is 1.64. The van der Waals surface area contributed by atoms with Gasteiger partial charge in [0.05, 0.1) is 23.9 Å². The van der Waals surface area contributed by atoms with Gasteiger partial charge in [0.2, 0.25) is 0 Å². The van der Waals surface area contributed by atoms with Crippen LogP contribution in [0.5, 0.6) is 0 Å². The van der Waals surface area contributed by atoms with E-state index in [1.165, 1.54) is 53.2 Å². The number of aromatic nitrogens is 1. The summed E-state index contributed by atoms with van der Waals surface area (Å²) in [6.45, 7) is 7.52. The molecule has 1 aromatic heterocycles. The lowest BCUT2D eigenvalue weighted by atomic mass is 10.0. The Kier molecular flexibility index (Phi) is 8.36. The molecule has 0 radical (unpaired) electrons. The van der Waals surface area contributed by atoms with E-state index in [-0.39, 0.29) is 0 Å². The molecule has 1 fully saturated rings. The highest BCUT2D eigenvalue weighted by Crippen LogP contribution is 2.27. The lowest BCUT2D eigenvalue weighted by molar-refractivity contribution is 0.0907. The fraction of sp³-hybridized carbons (Fsp3) is 0.600. The first-order valence-electron chi connectivity index (χ1n) is 11.9. The van der Waals surface area contributed by atoms with Gasteiger partial charge in [0.1, 0.15) is 0 Å². The van der Waals surface area contributed by atoms with Crippen LogP contribution in [0.25, 0.3) is 0 Å². The third-order valence-electron chi connectivity index (χ3n) is 6.09. The third-order valence-corrected chi connectivity index (χ3v) is 7.30. The zero-order valence-corrected chi connectivity index (χ0v) is 19.6. The first kappa shape index (κ1) is 22.3. The topological polar surface area (TPSA) is 49.8 Å². The van der Waals surface area contributed by atoms with Crippen molar-refractivity contribution >= 4 is 17.3 Å². The number of ether oxygens (including phenoxy) is 1. The van der Waals surface area contributed by atoms with Crippen LogP contribution in [0.15, 0.2) is 35.3 Å². The largest absolute Gasteiger partial charge is 0.376 e. The van der Waals surface area contributed by atoms with Crippen LogP contribution in [0.2, 0.25) is 0 Å². The molecule has 6 heteroatoms. The average molecular weight is 441 g/mol. The maximum absolute atomic E-state index is 5.98. The fourth-order valence-electron chi connectivity index (χ4n) is 4.43. The molecule has 1 unspecified atom stereocenters. The molecule has 0 spiro atoms. The van der Waals surface area contributed by atoms with Crippen LogP contribution in [-0.4, -0.2) is 48.6 Å². The Balaban J connectivity index is 1.20. The molecule has 31 heavy (non-hydrogen) atoms. The normalized spacial score (nSPS) is 18.9. The summed E-state index contributed by atoms with van der Waals surface area (Å²) in [7, 11) is 0. The van der Waals surface area contributed by atoms with E-state index in [1.807, 2.05) is 17.4 Å². The molecule has 0 amide bonds. The number of rotatable bonds is 9. The molecule has 4 rings (SSSR count). The molecule has 1 aliphatic heterocycles. The van der Waals surface area contributed by atoms with E-state index < -0.39 is 0 Å². The number of thiazole rings is 1. The van der Waals surface area contributed by atoms with E-state index in [4.69, 9.17) is 14.7 Å². The minimum absolute atomic E-state index is 0.578. The van der Waals surface area contributed by atoms with Gasteiger partial charge in [0.15, 0.2) is 5.96 Å². The highest BCUT2D eigenvalue weighted by molar-refractivity contribution is 7.11. The number of nitrogens with zero attached hydrogens (tertiary/aromatic N) is 3. The van der Waals surface area contributed by atoms with Gasteiger partial charge >= 0.3 is 0 Å². The molecule has 2 heterocycles. The second-order valence-corrected chi connectivity index (χ2v) is 9.79. The van der Waals surface area contributed by atoms with Crippen molar-refractivity contribution in [1.29, 1.82) is 0 Å². The minimum Gasteiger partial charge on any atom is -0.376 e. The van der Waals surface area contributed by atoms with Gasteiger partial charge in [-0.05, 0) is 51.0 Å². The number of fused-ring (bicyclic) bond motifs is 1. The van der Waals surface area contributed by atoms with Crippen molar-refractivity contribution in [3.05, 3.63) is 51.5 Å². The third kappa shape index (κ3) is 6.53. The van der Waals surface area contributed by atoms with Crippen LogP contribution in [0, 0.1) is 5.92 Å². The molecule has 168 valence electrons. The Bertz CT molecular complexity index is 812. The maximum atomic E-state index is 5.98. The highest BCUT2D eigenvalue weighted by atomic mass is 32.1. The highest BCUT2D eigenvalue weighted by Gasteiger charge is 2.25. The van der Waals surface area contributed by atoms with Gasteiger partial charge in [-0.15, -0.1) is 11.3 Å². The summed E-state index contributed by atoms with van der Waals surface area (Å²) in [5, 5.41) is 4.80. The standard InChI is InChI=1S/C25H36N4OS/c1-2-26-25(27-15-8-13-24-28-22-11-6-7-12-23(22)31-24)29-16-14-21(17-29)19-30-18-20-9-4-3-5-10-20/h3-5,9-10,21H,2,6-8,11-19H2,1H3,(H,26,27). The van der Waals surface area contributed by atoms with Crippen molar-refractivity contribution in [2.24, 2.45) is 10.9 Å². The lowest BCUT2D eigenvalue weighted by Crippen LogP contribution is -2.40. The Labute approximate surface area is 190 Å². The molecule has 1 saturated heterocycles. The molecule has 1 N–H and O–H groups in total. The SMILES string of the molecule is CCNC(=NCCCc1nc2c(s1)CCCC2)N1CCC(COCc2ccccc2)C1. The summed E-state index contributed by atoms with van der Waals surface area (Å²) in [4.78, 5) is 13.7. The summed E-state index contributed by atoms with van der Waals surface area (Å²) in [5.41, 5.74) is 2.62. The quantitative estimate of drug-likeness (QED) is 0.355. The molecule has 0 saturated carbocycles. The van der Waals surface area contributed by atoms with E-state index in [1.54, 1.807) is 0 Å². The fourth-order valence-corrected chi connectivity index (χ4v) is 5.63. The number of benzene rings is 1. The van der Waals surface area contributed by atoms with E-state index in [9.17, 15) is 0 Å². The first-order chi connectivity index (χ1) is 15.3. The lowest BCUT2D eigenvalue weighted by Gasteiger charge is -2.21. The predicted octanol–water partition coefficient (Wildman–Crippen LogP) is 4.46. The Hall–Kier alpha value is -1.92. The molecule has 0 bridgehead atoms. The van der Waals surface area contributed by atoms with Gasteiger partial charge in [-0.3, -0.25) is 4.99 Å². The number of hydrogen-bond acceptors (Lipinski definition) is 4. The Morgan fingerprint density at radius 1 is 1.26 bits per heavy atom. The van der Waals surface area contributed by atoms with Gasteiger partial charge in [0.25, 0.3) is 0 Å². The first-order valence-corrected chi connectivity index (χ1v) is 12.8. The molecule has 2 aliphatic rings. The smallest absolute Gasteiger partial charge is 0.193 e. The van der Waals surface area contributed by atoms with Gasteiger partial charge in [-0.25, -0.2) is 4.98 Å². The number of nitrogens with one attached hydrogen (secondary N) is 1. The molecular weight excluding hydrogens is 404 g/mol. The molecular formula is C25H36N4OS. The van der Waals surface area contributed by atoms with E-state index >= 15 is 0 Å². The van der Waals surface area contributed by atoms with Crippen molar-refractivity contribution in [2.75, 3.05) is 32.8 Å². The second-order valence-electron chi connectivity index (χ2n) is 8.63. The van der Waals surface area contributed by atoms with Gasteiger partial charge in [0, 0.05) is 43.4 Å². The van der Waals surface area contributed by atoms with Crippen molar-refractivity contribution in [1.82, 2.24) is 15.2 Å². The van der Waals surface area contributed by atoms with Gasteiger partial charge < -0.3 is 15.0 Å². The summed E-state index contributed by atoms with van der Waals surface area (Å²) in [6.07, 6.45) is 8.35. The number of aliphatic imine (C=N–C) groups is 1. The predicted molar refractivity (Wildman–Crippen MR) is 129 cm³/mol. The van der Waals surface area contributed by atoms with Gasteiger partial charge in [-0.2, -0.15) is 0 Å². The molecule has 1 atom stereocenters. The minimum atomic E-state index is 0.578. The zero-order valence-electron chi connectivity index (χ0n) is 18.8. The molecule has 2 aromatic rings.